The summed E-state index contributed by atoms with van der Waals surface area (Å²) < 4.78 is 67.8. The van der Waals surface area contributed by atoms with Crippen molar-refractivity contribution in [2.45, 2.75) is 43.9 Å². The molecule has 1 aromatic heterocycles. The first-order chi connectivity index (χ1) is 14.6. The normalized spacial score (nSPS) is 12.2. The van der Waals surface area contributed by atoms with E-state index in [0.717, 1.165) is 48.2 Å². The summed E-state index contributed by atoms with van der Waals surface area (Å²) in [5.74, 6) is 0.425. The second-order valence-corrected chi connectivity index (χ2v) is 10.2. The largest absolute Gasteiger partial charge is 0.488 e. The lowest BCUT2D eigenvalue weighted by Crippen LogP contribution is -2.03. The lowest BCUT2D eigenvalue weighted by atomic mass is 10.1. The SMILES string of the molecule is CCCCc1nc(-c2ccc(C(F)(F)F)cc2)sc1COc1cccc(S(C)(=O)=O)c1. The first-order valence-corrected chi connectivity index (χ1v) is 12.4. The minimum atomic E-state index is -4.38. The number of aryl methyl sites for hydroxylation is 1. The van der Waals surface area contributed by atoms with Gasteiger partial charge in [-0.25, -0.2) is 13.4 Å². The van der Waals surface area contributed by atoms with Crippen LogP contribution in [0.1, 0.15) is 35.9 Å². The van der Waals surface area contributed by atoms with Crippen LogP contribution in [-0.4, -0.2) is 19.7 Å². The van der Waals surface area contributed by atoms with Gasteiger partial charge in [-0.05, 0) is 43.2 Å². The fraction of sp³-hybridized carbons (Fsp3) is 0.318. The van der Waals surface area contributed by atoms with Gasteiger partial charge in [0.15, 0.2) is 9.84 Å². The number of alkyl halides is 3. The predicted octanol–water partition coefficient (Wildman–Crippen LogP) is 6.15. The Morgan fingerprint density at radius 3 is 2.42 bits per heavy atom. The van der Waals surface area contributed by atoms with Crippen LogP contribution in [0.5, 0.6) is 5.75 Å². The molecular weight excluding hydrogens is 447 g/mol. The fourth-order valence-corrected chi connectivity index (χ4v) is 4.59. The van der Waals surface area contributed by atoms with E-state index in [0.29, 0.717) is 16.3 Å². The van der Waals surface area contributed by atoms with Gasteiger partial charge in [0, 0.05) is 11.8 Å². The lowest BCUT2D eigenvalue weighted by molar-refractivity contribution is -0.137. The second-order valence-electron chi connectivity index (χ2n) is 7.10. The third-order valence-corrected chi connectivity index (χ3v) is 6.84. The van der Waals surface area contributed by atoms with Crippen molar-refractivity contribution in [3.63, 3.8) is 0 Å². The van der Waals surface area contributed by atoms with Gasteiger partial charge >= 0.3 is 6.18 Å². The standard InChI is InChI=1S/C22H22F3NO3S2/c1-3-4-8-19-20(14-29-17-6-5-7-18(13-17)31(2,27)28)30-21(26-19)15-9-11-16(12-10-15)22(23,24)25/h5-7,9-13H,3-4,8,14H2,1-2H3. The number of unbranched alkanes of at least 4 members (excludes halogenated alkanes) is 1. The molecule has 2 aromatic carbocycles. The van der Waals surface area contributed by atoms with E-state index in [9.17, 15) is 21.6 Å². The highest BCUT2D eigenvalue weighted by molar-refractivity contribution is 7.90. The van der Waals surface area contributed by atoms with E-state index in [-0.39, 0.29) is 11.5 Å². The molecule has 3 rings (SSSR count). The number of benzene rings is 2. The van der Waals surface area contributed by atoms with Crippen molar-refractivity contribution in [1.29, 1.82) is 0 Å². The van der Waals surface area contributed by atoms with E-state index < -0.39 is 21.6 Å². The molecule has 0 saturated heterocycles. The van der Waals surface area contributed by atoms with Crippen LogP contribution in [0.3, 0.4) is 0 Å². The van der Waals surface area contributed by atoms with Crippen LogP contribution >= 0.6 is 11.3 Å². The van der Waals surface area contributed by atoms with Gasteiger partial charge in [-0.2, -0.15) is 13.2 Å². The van der Waals surface area contributed by atoms with Crippen LogP contribution in [0, 0.1) is 0 Å². The molecular formula is C22H22F3NO3S2. The zero-order chi connectivity index (χ0) is 22.6. The molecule has 0 aliphatic heterocycles. The van der Waals surface area contributed by atoms with Crippen LogP contribution in [-0.2, 0) is 29.0 Å². The summed E-state index contributed by atoms with van der Waals surface area (Å²) >= 11 is 1.37. The summed E-state index contributed by atoms with van der Waals surface area (Å²) in [4.78, 5) is 5.68. The number of sulfone groups is 1. The molecule has 0 atom stereocenters. The number of hydrogen-bond donors (Lipinski definition) is 0. The summed E-state index contributed by atoms with van der Waals surface area (Å²) in [6, 6.07) is 11.2. The van der Waals surface area contributed by atoms with Crippen molar-refractivity contribution in [1.82, 2.24) is 4.98 Å². The van der Waals surface area contributed by atoms with E-state index in [1.165, 1.54) is 35.6 Å². The predicted molar refractivity (Wildman–Crippen MR) is 115 cm³/mol. The molecule has 1 heterocycles. The van der Waals surface area contributed by atoms with Crippen molar-refractivity contribution in [3.8, 4) is 16.3 Å². The highest BCUT2D eigenvalue weighted by Crippen LogP contribution is 2.34. The van der Waals surface area contributed by atoms with Crippen LogP contribution in [0.4, 0.5) is 13.2 Å². The van der Waals surface area contributed by atoms with Gasteiger partial charge in [-0.15, -0.1) is 11.3 Å². The first kappa shape index (κ1) is 23.3. The van der Waals surface area contributed by atoms with Crippen LogP contribution in [0.25, 0.3) is 10.6 Å². The second kappa shape index (κ2) is 9.40. The Hall–Kier alpha value is -2.39. The highest BCUT2D eigenvalue weighted by Gasteiger charge is 2.30. The topological polar surface area (TPSA) is 56.3 Å². The van der Waals surface area contributed by atoms with Crippen molar-refractivity contribution >= 4 is 21.2 Å². The number of halogens is 3. The van der Waals surface area contributed by atoms with E-state index in [1.54, 1.807) is 12.1 Å². The van der Waals surface area contributed by atoms with Crippen LogP contribution in [0.15, 0.2) is 53.4 Å². The average molecular weight is 470 g/mol. The molecule has 31 heavy (non-hydrogen) atoms. The van der Waals surface area contributed by atoms with Crippen molar-refractivity contribution in [3.05, 3.63) is 64.7 Å². The molecule has 0 bridgehead atoms. The molecule has 0 radical (unpaired) electrons. The molecule has 0 fully saturated rings. The molecule has 0 saturated carbocycles. The number of nitrogens with zero attached hydrogens (tertiary/aromatic N) is 1. The van der Waals surface area contributed by atoms with Gasteiger partial charge in [0.25, 0.3) is 0 Å². The fourth-order valence-electron chi connectivity index (χ4n) is 2.90. The highest BCUT2D eigenvalue weighted by atomic mass is 32.2. The van der Waals surface area contributed by atoms with Gasteiger partial charge in [0.1, 0.15) is 17.4 Å². The van der Waals surface area contributed by atoms with E-state index in [1.807, 2.05) is 0 Å². The Morgan fingerprint density at radius 2 is 1.81 bits per heavy atom. The molecule has 0 amide bonds. The maximum absolute atomic E-state index is 12.8. The number of thiazole rings is 1. The van der Waals surface area contributed by atoms with E-state index in [2.05, 4.69) is 11.9 Å². The van der Waals surface area contributed by atoms with Gasteiger partial charge in [0.2, 0.25) is 0 Å². The minimum Gasteiger partial charge on any atom is -0.488 e. The molecule has 4 nitrogen and oxygen atoms in total. The van der Waals surface area contributed by atoms with Gasteiger partial charge in [-0.1, -0.05) is 31.5 Å². The Morgan fingerprint density at radius 1 is 1.10 bits per heavy atom. The number of hydrogen-bond acceptors (Lipinski definition) is 5. The Bertz CT molecular complexity index is 1140. The smallest absolute Gasteiger partial charge is 0.416 e. The third-order valence-electron chi connectivity index (χ3n) is 4.61. The zero-order valence-electron chi connectivity index (χ0n) is 17.1. The first-order valence-electron chi connectivity index (χ1n) is 9.67. The third kappa shape index (κ3) is 6.07. The molecule has 0 aliphatic carbocycles. The number of rotatable bonds is 8. The van der Waals surface area contributed by atoms with E-state index >= 15 is 0 Å². The molecule has 9 heteroatoms. The van der Waals surface area contributed by atoms with Gasteiger partial charge in [-0.3, -0.25) is 0 Å². The summed E-state index contributed by atoms with van der Waals surface area (Å²) in [5, 5.41) is 0.628. The molecule has 166 valence electrons. The Labute approximate surface area is 183 Å². The van der Waals surface area contributed by atoms with Gasteiger partial charge in [0.05, 0.1) is 21.0 Å². The molecule has 0 N–H and O–H groups in total. The lowest BCUT2D eigenvalue weighted by Gasteiger charge is -2.07. The minimum absolute atomic E-state index is 0.172. The Balaban J connectivity index is 1.84. The summed E-state index contributed by atoms with van der Waals surface area (Å²) in [6.07, 6.45) is -0.617. The molecule has 0 unspecified atom stereocenters. The average Bonchev–Trinajstić information content (AvgIpc) is 3.13. The number of ether oxygens (including phenoxy) is 1. The summed E-state index contributed by atoms with van der Waals surface area (Å²) in [7, 11) is -3.34. The summed E-state index contributed by atoms with van der Waals surface area (Å²) in [6.45, 7) is 2.26. The van der Waals surface area contributed by atoms with Crippen LogP contribution in [0.2, 0.25) is 0 Å². The summed E-state index contributed by atoms with van der Waals surface area (Å²) in [5.41, 5.74) is 0.760. The van der Waals surface area contributed by atoms with Crippen molar-refractivity contribution in [2.24, 2.45) is 0 Å². The Kier molecular flexibility index (Phi) is 7.06. The van der Waals surface area contributed by atoms with E-state index in [4.69, 9.17) is 4.74 Å². The van der Waals surface area contributed by atoms with Crippen LogP contribution < -0.4 is 4.74 Å². The maximum atomic E-state index is 12.8. The molecule has 3 aromatic rings. The molecule has 0 spiro atoms. The maximum Gasteiger partial charge on any atom is 0.416 e. The van der Waals surface area contributed by atoms with Crippen molar-refractivity contribution in [2.75, 3.05) is 6.26 Å². The zero-order valence-corrected chi connectivity index (χ0v) is 18.7. The number of aromatic nitrogens is 1. The quantitative estimate of drug-likeness (QED) is 0.397. The van der Waals surface area contributed by atoms with Gasteiger partial charge < -0.3 is 4.74 Å². The molecule has 0 aliphatic rings. The van der Waals surface area contributed by atoms with Crippen molar-refractivity contribution < 1.29 is 26.3 Å². The monoisotopic (exact) mass is 469 g/mol.